The van der Waals surface area contributed by atoms with Crippen LogP contribution in [0.1, 0.15) is 64.5 Å². The Labute approximate surface area is 227 Å². The summed E-state index contributed by atoms with van der Waals surface area (Å²) in [6.45, 7) is 10.6. The second-order valence-corrected chi connectivity index (χ2v) is 11.3. The largest absolute Gasteiger partial charge is 0.481 e. The maximum absolute atomic E-state index is 13.7. The van der Waals surface area contributed by atoms with Gasteiger partial charge in [-0.05, 0) is 69.9 Å². The van der Waals surface area contributed by atoms with Crippen LogP contribution in [0.3, 0.4) is 0 Å². The first-order valence-electron chi connectivity index (χ1n) is 12.6. The summed E-state index contributed by atoms with van der Waals surface area (Å²) >= 11 is 0. The van der Waals surface area contributed by atoms with E-state index in [1.165, 1.54) is 11.6 Å². The second-order valence-electron chi connectivity index (χ2n) is 11.3. The van der Waals surface area contributed by atoms with Crippen molar-refractivity contribution in [2.75, 3.05) is 0 Å². The van der Waals surface area contributed by atoms with Gasteiger partial charge in [-0.15, -0.1) is 0 Å². The van der Waals surface area contributed by atoms with Gasteiger partial charge in [-0.3, -0.25) is 19.5 Å². The normalized spacial score (nSPS) is 16.7. The molecule has 0 bridgehead atoms. The van der Waals surface area contributed by atoms with Crippen LogP contribution >= 0.6 is 0 Å². The molecule has 1 fully saturated rings. The number of aliphatic hydroxyl groups is 1. The molecule has 11 heteroatoms. The number of pyridine rings is 1. The highest BCUT2D eigenvalue weighted by Crippen LogP contribution is 2.33. The van der Waals surface area contributed by atoms with Gasteiger partial charge in [0, 0.05) is 42.6 Å². The molecule has 0 atom stereocenters. The maximum Gasteiger partial charge on any atom is 0.336 e. The molecule has 3 rings (SSSR count). The zero-order valence-electron chi connectivity index (χ0n) is 22.7. The Morgan fingerprint density at radius 2 is 1.51 bits per heavy atom. The molecule has 2 aromatic rings. The molecular weight excluding hydrogens is 509 g/mol. The lowest BCUT2D eigenvalue weighted by atomic mass is 9.79. The molecule has 2 heterocycles. The summed E-state index contributed by atoms with van der Waals surface area (Å²) in [5.74, 6) is -5.19. The Morgan fingerprint density at radius 1 is 0.974 bits per heavy atom. The van der Waals surface area contributed by atoms with Crippen molar-refractivity contribution in [1.82, 2.24) is 15.2 Å². The van der Waals surface area contributed by atoms with Crippen molar-refractivity contribution in [3.05, 3.63) is 65.7 Å². The van der Waals surface area contributed by atoms with Gasteiger partial charge in [-0.2, -0.15) is 0 Å². The number of carbonyl (C=O) groups is 3. The first kappa shape index (κ1) is 31.8. The van der Waals surface area contributed by atoms with E-state index in [-0.39, 0.29) is 16.9 Å². The van der Waals surface area contributed by atoms with E-state index < -0.39 is 36.4 Å². The summed E-state index contributed by atoms with van der Waals surface area (Å²) in [7, 11) is 0. The van der Waals surface area contributed by atoms with E-state index in [0.29, 0.717) is 6.04 Å². The molecule has 1 aromatic carbocycles. The highest BCUT2D eigenvalue weighted by molar-refractivity contribution is 5.88. The molecule has 1 saturated heterocycles. The number of hydrogen-bond acceptors (Lipinski definition) is 7. The molecule has 5 N–H and O–H groups in total. The maximum atomic E-state index is 13.7. The Kier molecular flexibility index (Phi) is 10.7. The van der Waals surface area contributed by atoms with Crippen LogP contribution in [0.2, 0.25) is 0 Å². The van der Waals surface area contributed by atoms with Gasteiger partial charge in [0.25, 0.3) is 0 Å². The number of rotatable bonds is 10. The molecule has 39 heavy (non-hydrogen) atoms. The summed E-state index contributed by atoms with van der Waals surface area (Å²) < 4.78 is 13.7. The minimum atomic E-state index is -2.74. The van der Waals surface area contributed by atoms with E-state index in [9.17, 15) is 18.8 Å². The number of hydrogen-bond donors (Lipinski definition) is 5. The van der Waals surface area contributed by atoms with Gasteiger partial charge >= 0.3 is 17.9 Å². The average molecular weight is 548 g/mol. The number of carboxylic acids is 3. The van der Waals surface area contributed by atoms with Crippen molar-refractivity contribution in [3.8, 4) is 0 Å². The molecule has 1 aliphatic heterocycles. The lowest BCUT2D eigenvalue weighted by Gasteiger charge is -2.49. The first-order valence-corrected chi connectivity index (χ1v) is 12.6. The SMILES string of the molecule is CC1(C)CC(N(Cc2cccnc2)Cc2cccc(F)c2)CC(C)(C)N1.O=C(O)CC(O)(CC(=O)O)C(=O)O. The summed E-state index contributed by atoms with van der Waals surface area (Å²) in [6, 6.07) is 11.5. The monoisotopic (exact) mass is 547 g/mol. The fourth-order valence-corrected chi connectivity index (χ4v) is 5.15. The lowest BCUT2D eigenvalue weighted by Crippen LogP contribution is -2.62. The molecule has 214 valence electrons. The van der Waals surface area contributed by atoms with Gasteiger partial charge in [0.15, 0.2) is 5.60 Å². The number of benzene rings is 1. The highest BCUT2D eigenvalue weighted by atomic mass is 19.1. The third-order valence-electron chi connectivity index (χ3n) is 6.35. The lowest BCUT2D eigenvalue weighted by molar-refractivity contribution is -0.170. The van der Waals surface area contributed by atoms with Crippen LogP contribution in [0.5, 0.6) is 0 Å². The van der Waals surface area contributed by atoms with Gasteiger partial charge in [0.2, 0.25) is 0 Å². The van der Waals surface area contributed by atoms with E-state index in [4.69, 9.17) is 20.4 Å². The fourth-order valence-electron chi connectivity index (χ4n) is 5.15. The van der Waals surface area contributed by atoms with E-state index in [1.807, 2.05) is 18.3 Å². The summed E-state index contributed by atoms with van der Waals surface area (Å²) in [5.41, 5.74) is -0.387. The van der Waals surface area contributed by atoms with Gasteiger partial charge in [-0.1, -0.05) is 18.2 Å². The minimum Gasteiger partial charge on any atom is -0.481 e. The van der Waals surface area contributed by atoms with Crippen LogP contribution in [0.4, 0.5) is 4.39 Å². The second kappa shape index (κ2) is 13.1. The van der Waals surface area contributed by atoms with E-state index >= 15 is 0 Å². The van der Waals surface area contributed by atoms with Gasteiger partial charge in [0.1, 0.15) is 5.82 Å². The average Bonchev–Trinajstić information content (AvgIpc) is 2.76. The van der Waals surface area contributed by atoms with Crippen LogP contribution in [0.25, 0.3) is 0 Å². The summed E-state index contributed by atoms with van der Waals surface area (Å²) in [4.78, 5) is 37.2. The molecule has 0 spiro atoms. The van der Waals surface area contributed by atoms with Crippen molar-refractivity contribution in [2.24, 2.45) is 0 Å². The number of nitrogens with one attached hydrogen (secondary N) is 1. The third kappa shape index (κ3) is 10.7. The van der Waals surface area contributed by atoms with Crippen molar-refractivity contribution in [2.45, 2.75) is 89.2 Å². The molecular formula is C28H38FN3O7. The van der Waals surface area contributed by atoms with Crippen LogP contribution in [-0.2, 0) is 27.5 Å². The molecule has 1 aliphatic rings. The zero-order chi connectivity index (χ0) is 29.4. The molecule has 10 nitrogen and oxygen atoms in total. The van der Waals surface area contributed by atoms with E-state index in [1.54, 1.807) is 18.3 Å². The van der Waals surface area contributed by atoms with Gasteiger partial charge in [0.05, 0.1) is 12.8 Å². The quantitative estimate of drug-likeness (QED) is 0.299. The number of piperidine rings is 1. The van der Waals surface area contributed by atoms with Crippen LogP contribution in [0, 0.1) is 5.82 Å². The smallest absolute Gasteiger partial charge is 0.336 e. The Balaban J connectivity index is 0.000000349. The molecule has 0 unspecified atom stereocenters. The van der Waals surface area contributed by atoms with Crippen molar-refractivity contribution in [3.63, 3.8) is 0 Å². The highest BCUT2D eigenvalue weighted by Gasteiger charge is 2.41. The number of carboxylic acid groups (broad SMARTS) is 3. The predicted octanol–water partition coefficient (Wildman–Crippen LogP) is 3.28. The molecule has 0 saturated carbocycles. The standard InChI is InChI=1S/C22H30FN3.C6H8O7/c1-21(2)12-20(13-22(3,4)25-21)26(16-18-8-6-10-24-14-18)15-17-7-5-9-19(23)11-17;7-3(8)1-6(13,5(11)12)2-4(9)10/h5-11,14,20,25H,12-13,15-16H2,1-4H3;13H,1-2H2,(H,7,8)(H,9,10)(H,11,12). The third-order valence-corrected chi connectivity index (χ3v) is 6.35. The summed E-state index contributed by atoms with van der Waals surface area (Å²) in [6.07, 6.45) is 3.56. The van der Waals surface area contributed by atoms with Crippen LogP contribution < -0.4 is 5.32 Å². The number of aromatic nitrogens is 1. The van der Waals surface area contributed by atoms with Crippen molar-refractivity contribution in [1.29, 1.82) is 0 Å². The molecule has 0 radical (unpaired) electrons. The van der Waals surface area contributed by atoms with Crippen LogP contribution in [0.15, 0.2) is 48.8 Å². The number of aliphatic carboxylic acids is 3. The van der Waals surface area contributed by atoms with Crippen LogP contribution in [-0.4, -0.2) is 70.9 Å². The first-order chi connectivity index (χ1) is 18.0. The Bertz CT molecular complexity index is 1110. The Hall–Kier alpha value is -3.41. The minimum absolute atomic E-state index is 0.0710. The molecule has 0 aliphatic carbocycles. The van der Waals surface area contributed by atoms with Gasteiger partial charge in [-0.25, -0.2) is 9.18 Å². The zero-order valence-corrected chi connectivity index (χ0v) is 22.7. The number of halogens is 1. The van der Waals surface area contributed by atoms with E-state index in [2.05, 4.69) is 49.0 Å². The Morgan fingerprint density at radius 3 is 1.97 bits per heavy atom. The van der Waals surface area contributed by atoms with Crippen molar-refractivity contribution < 1.29 is 39.2 Å². The van der Waals surface area contributed by atoms with Gasteiger partial charge < -0.3 is 25.7 Å². The molecule has 0 amide bonds. The predicted molar refractivity (Wildman–Crippen MR) is 141 cm³/mol. The van der Waals surface area contributed by atoms with E-state index in [0.717, 1.165) is 31.5 Å². The molecule has 1 aromatic heterocycles. The van der Waals surface area contributed by atoms with Crippen molar-refractivity contribution >= 4 is 17.9 Å². The topological polar surface area (TPSA) is 160 Å². The summed E-state index contributed by atoms with van der Waals surface area (Å²) in [5, 5.41) is 37.6. The fraction of sp³-hybridized carbons (Fsp3) is 0.500. The number of nitrogens with zero attached hydrogens (tertiary/aromatic N) is 2.